The average Bonchev–Trinajstić information content (AvgIpc) is 2.57. The summed E-state index contributed by atoms with van der Waals surface area (Å²) in [6, 6.07) is 7.58. The van der Waals surface area contributed by atoms with Crippen molar-refractivity contribution in [2.24, 2.45) is 23.1 Å². The van der Waals surface area contributed by atoms with Crippen LogP contribution in [0.2, 0.25) is 0 Å². The minimum absolute atomic E-state index is 0. The van der Waals surface area contributed by atoms with Gasteiger partial charge in [0.2, 0.25) is 5.91 Å². The molecule has 0 saturated carbocycles. The summed E-state index contributed by atoms with van der Waals surface area (Å²) in [5, 5.41) is 2.77. The van der Waals surface area contributed by atoms with E-state index in [1.165, 1.54) is 0 Å². The van der Waals surface area contributed by atoms with Crippen LogP contribution in [0.1, 0.15) is 32.3 Å². The number of nitrogens with two attached hydrogens (primary N) is 3. The highest BCUT2D eigenvalue weighted by molar-refractivity contribution is 5.93. The van der Waals surface area contributed by atoms with Gasteiger partial charge in [0.05, 0.1) is 18.1 Å². The Morgan fingerprint density at radius 2 is 1.62 bits per heavy atom. The van der Waals surface area contributed by atoms with Gasteiger partial charge < -0.3 is 22.5 Å². The fourth-order valence-corrected chi connectivity index (χ4v) is 2.50. The smallest absolute Gasteiger partial charge is 0.237 e. The Kier molecular flexibility index (Phi) is 14.5. The van der Waals surface area contributed by atoms with Gasteiger partial charge in [0.15, 0.2) is 5.78 Å². The quantitative estimate of drug-likeness (QED) is 0.464. The van der Waals surface area contributed by atoms with Crippen molar-refractivity contribution in [3.05, 3.63) is 35.9 Å². The number of benzene rings is 1. The predicted molar refractivity (Wildman–Crippen MR) is 111 cm³/mol. The Morgan fingerprint density at radius 1 is 1.04 bits per heavy atom. The van der Waals surface area contributed by atoms with E-state index in [2.05, 4.69) is 5.32 Å². The van der Waals surface area contributed by atoms with E-state index in [1.54, 1.807) is 0 Å². The molecule has 3 atom stereocenters. The minimum Gasteiger partial charge on any atom is -0.345 e. The van der Waals surface area contributed by atoms with Crippen LogP contribution in [0, 0.1) is 5.92 Å². The molecular formula is C18H32Cl2N4O2. The summed E-state index contributed by atoms with van der Waals surface area (Å²) in [5.41, 5.74) is 18.3. The number of carbonyl (C=O) groups excluding carboxylic acids is 2. The molecule has 0 aliphatic heterocycles. The monoisotopic (exact) mass is 406 g/mol. The number of ketones is 1. The van der Waals surface area contributed by atoms with Crippen LogP contribution in [0.5, 0.6) is 0 Å². The summed E-state index contributed by atoms with van der Waals surface area (Å²) >= 11 is 0. The number of hydrogen-bond donors (Lipinski definition) is 4. The molecule has 7 N–H and O–H groups in total. The molecule has 0 saturated heterocycles. The summed E-state index contributed by atoms with van der Waals surface area (Å²) in [7, 11) is 0. The van der Waals surface area contributed by atoms with Crippen LogP contribution < -0.4 is 22.5 Å². The minimum atomic E-state index is -0.707. The molecule has 0 heterocycles. The molecule has 1 aromatic carbocycles. The van der Waals surface area contributed by atoms with Crippen molar-refractivity contribution < 1.29 is 9.59 Å². The molecule has 1 amide bonds. The molecule has 150 valence electrons. The first-order valence-electron chi connectivity index (χ1n) is 8.46. The van der Waals surface area contributed by atoms with Gasteiger partial charge in [-0.25, -0.2) is 0 Å². The lowest BCUT2D eigenvalue weighted by Crippen LogP contribution is -2.54. The average molecular weight is 407 g/mol. The number of nitrogens with one attached hydrogen (secondary N) is 1. The first-order valence-corrected chi connectivity index (χ1v) is 8.46. The zero-order valence-corrected chi connectivity index (χ0v) is 17.0. The lowest BCUT2D eigenvalue weighted by Gasteiger charge is -2.25. The zero-order valence-electron chi connectivity index (χ0n) is 15.4. The fraction of sp³-hybridized carbons (Fsp3) is 0.556. The van der Waals surface area contributed by atoms with Crippen LogP contribution in [0.3, 0.4) is 0 Å². The zero-order chi connectivity index (χ0) is 18.1. The van der Waals surface area contributed by atoms with Gasteiger partial charge in [-0.2, -0.15) is 0 Å². The molecule has 0 aliphatic carbocycles. The van der Waals surface area contributed by atoms with E-state index in [0.29, 0.717) is 25.8 Å². The summed E-state index contributed by atoms with van der Waals surface area (Å²) in [6.07, 6.45) is 1.62. The molecule has 0 aromatic heterocycles. The fourth-order valence-electron chi connectivity index (χ4n) is 2.50. The standard InChI is InChI=1S/C18H30N4O2.2ClH/c1-12(2)16(17(23)14(20)9-6-10-19)22-18(24)15(21)11-13-7-4-3-5-8-13;;/h3-5,7-8,12,14-16H,6,9-11,19-21H2,1-2H3,(H,22,24);2*1H/t14?,15-,16-;;/m0../s1. The molecule has 0 spiro atoms. The topological polar surface area (TPSA) is 124 Å². The Labute approximate surface area is 168 Å². The summed E-state index contributed by atoms with van der Waals surface area (Å²) in [5.74, 6) is -0.565. The Hall–Kier alpha value is -1.18. The number of amides is 1. The Morgan fingerprint density at radius 3 is 2.12 bits per heavy atom. The third kappa shape index (κ3) is 8.96. The third-order valence-electron chi connectivity index (χ3n) is 3.99. The van der Waals surface area contributed by atoms with Gasteiger partial charge in [-0.15, -0.1) is 24.8 Å². The normalized spacial score (nSPS) is 13.8. The first kappa shape index (κ1) is 27.0. The van der Waals surface area contributed by atoms with Crippen LogP contribution in [0.25, 0.3) is 0 Å². The van der Waals surface area contributed by atoms with Crippen molar-refractivity contribution in [1.29, 1.82) is 0 Å². The highest BCUT2D eigenvalue weighted by Gasteiger charge is 2.29. The van der Waals surface area contributed by atoms with Crippen LogP contribution >= 0.6 is 24.8 Å². The number of hydrogen-bond acceptors (Lipinski definition) is 5. The van der Waals surface area contributed by atoms with Crippen molar-refractivity contribution in [2.45, 2.75) is 51.2 Å². The highest BCUT2D eigenvalue weighted by Crippen LogP contribution is 2.09. The molecule has 1 rings (SSSR count). The number of carbonyl (C=O) groups is 2. The Balaban J connectivity index is 0. The molecular weight excluding hydrogens is 375 g/mol. The SMILES string of the molecule is CC(C)[C@H](NC(=O)[C@@H](N)Cc1ccccc1)C(=O)C(N)CCCN.Cl.Cl. The van der Waals surface area contributed by atoms with Crippen molar-refractivity contribution in [3.63, 3.8) is 0 Å². The third-order valence-corrected chi connectivity index (χ3v) is 3.99. The first-order chi connectivity index (χ1) is 11.4. The predicted octanol–water partition coefficient (Wildman–Crippen LogP) is 1.18. The summed E-state index contributed by atoms with van der Waals surface area (Å²) in [6.45, 7) is 4.24. The maximum absolute atomic E-state index is 12.5. The van der Waals surface area contributed by atoms with Gasteiger partial charge in [-0.3, -0.25) is 9.59 Å². The van der Waals surface area contributed by atoms with Crippen molar-refractivity contribution in [3.8, 4) is 0 Å². The molecule has 0 fully saturated rings. The Bertz CT molecular complexity index is 529. The second kappa shape index (κ2) is 13.9. The van der Waals surface area contributed by atoms with E-state index in [9.17, 15) is 9.59 Å². The maximum Gasteiger partial charge on any atom is 0.237 e. The van der Waals surface area contributed by atoms with E-state index >= 15 is 0 Å². The molecule has 26 heavy (non-hydrogen) atoms. The molecule has 0 aliphatic rings. The molecule has 6 nitrogen and oxygen atoms in total. The van der Waals surface area contributed by atoms with Gasteiger partial charge in [0.25, 0.3) is 0 Å². The molecule has 1 aromatic rings. The highest BCUT2D eigenvalue weighted by atomic mass is 35.5. The lowest BCUT2D eigenvalue weighted by molar-refractivity contribution is -0.130. The van der Waals surface area contributed by atoms with Crippen molar-refractivity contribution in [1.82, 2.24) is 5.32 Å². The van der Waals surface area contributed by atoms with E-state index in [1.807, 2.05) is 44.2 Å². The second-order valence-electron chi connectivity index (χ2n) is 6.47. The van der Waals surface area contributed by atoms with Crippen molar-refractivity contribution in [2.75, 3.05) is 6.54 Å². The van der Waals surface area contributed by atoms with E-state index in [4.69, 9.17) is 17.2 Å². The van der Waals surface area contributed by atoms with E-state index in [0.717, 1.165) is 5.56 Å². The number of Topliss-reactive ketones (excluding diaryl/α,β-unsaturated/α-hetero) is 1. The molecule has 0 radical (unpaired) electrons. The van der Waals surface area contributed by atoms with Crippen LogP contribution in [-0.2, 0) is 16.0 Å². The van der Waals surface area contributed by atoms with Gasteiger partial charge in [0, 0.05) is 0 Å². The van der Waals surface area contributed by atoms with Gasteiger partial charge >= 0.3 is 0 Å². The lowest BCUT2D eigenvalue weighted by atomic mass is 9.93. The summed E-state index contributed by atoms with van der Waals surface area (Å²) < 4.78 is 0. The number of halogens is 2. The van der Waals surface area contributed by atoms with E-state index < -0.39 is 18.1 Å². The van der Waals surface area contributed by atoms with Crippen LogP contribution in [0.15, 0.2) is 30.3 Å². The van der Waals surface area contributed by atoms with Gasteiger partial charge in [-0.05, 0) is 37.3 Å². The summed E-state index contributed by atoms with van der Waals surface area (Å²) in [4.78, 5) is 24.8. The van der Waals surface area contributed by atoms with Crippen molar-refractivity contribution >= 4 is 36.5 Å². The molecule has 1 unspecified atom stereocenters. The number of rotatable bonds is 10. The van der Waals surface area contributed by atoms with Gasteiger partial charge in [-0.1, -0.05) is 44.2 Å². The molecule has 8 heteroatoms. The molecule has 0 bridgehead atoms. The maximum atomic E-state index is 12.5. The van der Waals surface area contributed by atoms with Crippen LogP contribution in [0.4, 0.5) is 0 Å². The second-order valence-corrected chi connectivity index (χ2v) is 6.47. The largest absolute Gasteiger partial charge is 0.345 e. The van der Waals surface area contributed by atoms with E-state index in [-0.39, 0.29) is 42.4 Å². The van der Waals surface area contributed by atoms with Gasteiger partial charge in [0.1, 0.15) is 0 Å². The van der Waals surface area contributed by atoms with Crippen LogP contribution in [-0.4, -0.2) is 36.4 Å².